The number of nitrogens with zero attached hydrogens (tertiary/aromatic N) is 5. The molecule has 0 aliphatic heterocycles. The van der Waals surface area contributed by atoms with Gasteiger partial charge in [-0.15, -0.1) is 0 Å². The van der Waals surface area contributed by atoms with Gasteiger partial charge in [-0.3, -0.25) is 14.5 Å². The molecule has 5 rings (SSSR count). The van der Waals surface area contributed by atoms with Crippen LogP contribution in [0.2, 0.25) is 0 Å². The van der Waals surface area contributed by atoms with Crippen molar-refractivity contribution in [1.82, 2.24) is 28.9 Å². The third-order valence-electron chi connectivity index (χ3n) is 6.20. The number of H-pyrrole nitrogens is 1. The van der Waals surface area contributed by atoms with E-state index in [2.05, 4.69) is 15.1 Å². The summed E-state index contributed by atoms with van der Waals surface area (Å²) in [4.78, 5) is 19.7. The number of hydrogen-bond donors (Lipinski definition) is 1. The van der Waals surface area contributed by atoms with Crippen LogP contribution in [0, 0.1) is 4.77 Å². The number of imidazole rings is 1. The van der Waals surface area contributed by atoms with Crippen molar-refractivity contribution < 1.29 is 13.2 Å². The molecule has 38 heavy (non-hydrogen) atoms. The first kappa shape index (κ1) is 25.4. The fourth-order valence-corrected chi connectivity index (χ4v) is 4.43. The fraction of sp³-hybridized carbons (Fsp3) is 0.185. The maximum Gasteiger partial charge on any atom is 0.416 e. The summed E-state index contributed by atoms with van der Waals surface area (Å²) < 4.78 is 44.3. The van der Waals surface area contributed by atoms with Crippen LogP contribution >= 0.6 is 12.2 Å². The van der Waals surface area contributed by atoms with Gasteiger partial charge in [-0.1, -0.05) is 36.4 Å². The van der Waals surface area contributed by atoms with E-state index in [1.54, 1.807) is 27.8 Å². The fourth-order valence-electron chi connectivity index (χ4n) is 4.22. The van der Waals surface area contributed by atoms with Crippen molar-refractivity contribution in [1.29, 1.82) is 0 Å². The summed E-state index contributed by atoms with van der Waals surface area (Å²) >= 11 is 5.39. The van der Waals surface area contributed by atoms with Gasteiger partial charge in [0, 0.05) is 50.4 Å². The highest BCUT2D eigenvalue weighted by atomic mass is 32.1. The van der Waals surface area contributed by atoms with Crippen LogP contribution in [-0.4, -0.2) is 28.9 Å². The number of halogens is 3. The number of hydrogen-bond acceptors (Lipinski definition) is 4. The van der Waals surface area contributed by atoms with Gasteiger partial charge >= 0.3 is 6.18 Å². The van der Waals surface area contributed by atoms with Crippen LogP contribution in [0.3, 0.4) is 0 Å². The lowest BCUT2D eigenvalue weighted by atomic mass is 10.0. The number of aromatic amines is 1. The van der Waals surface area contributed by atoms with Gasteiger partial charge in [0.05, 0.1) is 18.3 Å². The second kappa shape index (κ2) is 10.3. The van der Waals surface area contributed by atoms with Crippen LogP contribution in [0.1, 0.15) is 28.1 Å². The molecule has 0 bridgehead atoms. The van der Waals surface area contributed by atoms with Crippen molar-refractivity contribution in [3.63, 3.8) is 0 Å². The van der Waals surface area contributed by atoms with E-state index in [0.717, 1.165) is 34.6 Å². The van der Waals surface area contributed by atoms with E-state index in [0.29, 0.717) is 35.4 Å². The molecule has 2 aromatic carbocycles. The minimum atomic E-state index is -4.36. The molecule has 0 aliphatic rings. The highest BCUT2D eigenvalue weighted by molar-refractivity contribution is 7.71. The largest absolute Gasteiger partial charge is 0.416 e. The molecule has 0 saturated carbocycles. The van der Waals surface area contributed by atoms with Crippen LogP contribution in [0.15, 0.2) is 84.3 Å². The van der Waals surface area contributed by atoms with E-state index in [4.69, 9.17) is 12.2 Å². The summed E-state index contributed by atoms with van der Waals surface area (Å²) in [5.41, 5.74) is 3.13. The van der Waals surface area contributed by atoms with E-state index in [1.165, 1.54) is 12.1 Å². The topological polar surface area (TPSA) is 73.4 Å². The summed E-state index contributed by atoms with van der Waals surface area (Å²) in [7, 11) is 1.82. The molecule has 0 saturated heterocycles. The van der Waals surface area contributed by atoms with Gasteiger partial charge in [0.15, 0.2) is 4.77 Å². The van der Waals surface area contributed by atoms with Crippen molar-refractivity contribution in [2.45, 2.75) is 25.7 Å². The van der Waals surface area contributed by atoms with E-state index in [-0.39, 0.29) is 5.56 Å². The van der Waals surface area contributed by atoms with Crippen molar-refractivity contribution in [2.24, 2.45) is 7.05 Å². The Morgan fingerprint density at radius 2 is 1.61 bits per heavy atom. The van der Waals surface area contributed by atoms with Crippen molar-refractivity contribution >= 4 is 12.2 Å². The Labute approximate surface area is 220 Å². The Morgan fingerprint density at radius 1 is 0.921 bits per heavy atom. The molecule has 0 unspecified atom stereocenters. The van der Waals surface area contributed by atoms with Crippen molar-refractivity contribution in [3.05, 3.63) is 123 Å². The number of aryl methyl sites for hydroxylation is 1. The third-order valence-corrected chi connectivity index (χ3v) is 6.54. The first-order valence-electron chi connectivity index (χ1n) is 11.7. The molecular formula is C27H23F3N6OS. The zero-order valence-corrected chi connectivity index (χ0v) is 21.1. The molecule has 7 nitrogen and oxygen atoms in total. The van der Waals surface area contributed by atoms with Gasteiger partial charge in [-0.05, 0) is 46.6 Å². The molecule has 0 fully saturated rings. The van der Waals surface area contributed by atoms with E-state index in [9.17, 15) is 18.0 Å². The summed E-state index contributed by atoms with van der Waals surface area (Å²) in [6.07, 6.45) is 4.99. The first-order valence-corrected chi connectivity index (χ1v) is 12.1. The Balaban J connectivity index is 1.31. The van der Waals surface area contributed by atoms with Crippen LogP contribution in [0.5, 0.6) is 0 Å². The summed E-state index contributed by atoms with van der Waals surface area (Å²) in [5, 5.41) is 4.15. The molecule has 0 amide bonds. The lowest BCUT2D eigenvalue weighted by Crippen LogP contribution is -2.20. The number of rotatable bonds is 7. The van der Waals surface area contributed by atoms with Gasteiger partial charge in [0.2, 0.25) is 0 Å². The smallest absolute Gasteiger partial charge is 0.329 e. The quantitative estimate of drug-likeness (QED) is 0.290. The first-order chi connectivity index (χ1) is 18.2. The molecule has 11 heteroatoms. The zero-order chi connectivity index (χ0) is 26.9. The van der Waals surface area contributed by atoms with Gasteiger partial charge in [0.1, 0.15) is 5.82 Å². The molecule has 1 N–H and O–H groups in total. The minimum absolute atomic E-state index is 0.230. The van der Waals surface area contributed by atoms with Gasteiger partial charge in [-0.25, -0.2) is 4.98 Å². The number of benzene rings is 2. The number of nitrogens with one attached hydrogen (secondary N) is 1. The molecule has 3 aromatic heterocycles. The van der Waals surface area contributed by atoms with Gasteiger partial charge < -0.3 is 9.13 Å². The lowest BCUT2D eigenvalue weighted by Gasteiger charge is -2.12. The molecule has 0 aliphatic carbocycles. The van der Waals surface area contributed by atoms with Crippen LogP contribution in [0.4, 0.5) is 13.2 Å². The number of alkyl halides is 3. The predicted molar refractivity (Wildman–Crippen MR) is 139 cm³/mol. The van der Waals surface area contributed by atoms with Crippen molar-refractivity contribution in [3.8, 4) is 11.1 Å². The Hall–Kier alpha value is -4.25. The van der Waals surface area contributed by atoms with Crippen molar-refractivity contribution in [2.75, 3.05) is 0 Å². The standard InChI is InChI=1S/C27H23F3N6OS/c1-34-14-19(13-32-34)12-22-16-36(26(38)33-25(22)37)17-24-31-10-11-35(24)15-18-2-4-20(5-3-18)21-6-8-23(9-7-21)27(28,29)30/h2-11,13-14,16H,12,15,17H2,1H3,(H,33,37,38). The second-order valence-corrected chi connectivity index (χ2v) is 9.37. The van der Waals surface area contributed by atoms with Crippen LogP contribution in [-0.2, 0) is 32.7 Å². The zero-order valence-electron chi connectivity index (χ0n) is 20.3. The molecule has 194 valence electrons. The van der Waals surface area contributed by atoms with Gasteiger partial charge in [-0.2, -0.15) is 18.3 Å². The molecular weight excluding hydrogens is 513 g/mol. The minimum Gasteiger partial charge on any atom is -0.329 e. The highest BCUT2D eigenvalue weighted by Gasteiger charge is 2.29. The maximum absolute atomic E-state index is 12.8. The molecule has 0 spiro atoms. The molecule has 0 atom stereocenters. The van der Waals surface area contributed by atoms with E-state index < -0.39 is 11.7 Å². The summed E-state index contributed by atoms with van der Waals surface area (Å²) in [6, 6.07) is 12.8. The average Bonchev–Trinajstić information content (AvgIpc) is 3.50. The van der Waals surface area contributed by atoms with E-state index in [1.807, 2.05) is 48.3 Å². The monoisotopic (exact) mass is 536 g/mol. The summed E-state index contributed by atoms with van der Waals surface area (Å²) in [6.45, 7) is 0.911. The van der Waals surface area contributed by atoms with E-state index >= 15 is 0 Å². The predicted octanol–water partition coefficient (Wildman–Crippen LogP) is 5.21. The Morgan fingerprint density at radius 3 is 2.24 bits per heavy atom. The molecule has 0 radical (unpaired) electrons. The maximum atomic E-state index is 12.8. The Kier molecular flexibility index (Phi) is 6.85. The molecule has 3 heterocycles. The van der Waals surface area contributed by atoms with Gasteiger partial charge in [0.25, 0.3) is 5.56 Å². The average molecular weight is 537 g/mol. The van der Waals surface area contributed by atoms with Crippen LogP contribution < -0.4 is 5.56 Å². The third kappa shape index (κ3) is 5.67. The SMILES string of the molecule is Cn1cc(Cc2cn(Cc3nccn3Cc3ccc(-c4ccc(C(F)(F)F)cc4)cc3)c(=S)[nH]c2=O)cn1. The lowest BCUT2D eigenvalue weighted by molar-refractivity contribution is -0.137. The second-order valence-electron chi connectivity index (χ2n) is 8.98. The summed E-state index contributed by atoms with van der Waals surface area (Å²) in [5.74, 6) is 0.757. The normalized spacial score (nSPS) is 11.7. The highest BCUT2D eigenvalue weighted by Crippen LogP contribution is 2.31. The number of aromatic nitrogens is 6. The van der Waals surface area contributed by atoms with Crippen LogP contribution in [0.25, 0.3) is 11.1 Å². The Bertz CT molecular complexity index is 1680. The molecule has 5 aromatic rings.